The average Bonchev–Trinajstić information content (AvgIpc) is 3.29. The number of benzene rings is 1. The molecule has 0 bridgehead atoms. The molecule has 5 heterocycles. The summed E-state index contributed by atoms with van der Waals surface area (Å²) in [7, 11) is 0. The fraction of sp³-hybridized carbons (Fsp3) is 0.500. The molecule has 2 saturated heterocycles. The van der Waals surface area contributed by atoms with Gasteiger partial charge in [0, 0.05) is 31.7 Å². The topological polar surface area (TPSA) is 144 Å². The minimum absolute atomic E-state index is 0.299. The maximum Gasteiger partial charge on any atom is 0.277 e. The average molecular weight is 516 g/mol. The first-order chi connectivity index (χ1) is 18.7. The minimum atomic E-state index is -0.299. The Bertz CT molecular complexity index is 1390. The lowest BCUT2D eigenvalue weighted by molar-refractivity contribution is 0.176. The first kappa shape index (κ1) is 24.4. The van der Waals surface area contributed by atoms with Crippen LogP contribution in [0.2, 0.25) is 0 Å². The maximum absolute atomic E-state index is 12.7. The second kappa shape index (κ2) is 11.2. The number of tetrazole rings is 1. The zero-order valence-corrected chi connectivity index (χ0v) is 21.4. The predicted octanol–water partition coefficient (Wildman–Crippen LogP) is 2.80. The van der Waals surface area contributed by atoms with E-state index in [-0.39, 0.29) is 5.56 Å². The molecule has 12 heteroatoms. The molecule has 198 valence electrons. The molecule has 12 nitrogen and oxygen atoms in total. The number of piperidine rings is 1. The number of nitrogens with zero attached hydrogens (tertiary/aromatic N) is 8. The molecule has 2 aliphatic heterocycles. The normalized spacial score (nSPS) is 17.5. The lowest BCUT2D eigenvalue weighted by Gasteiger charge is -2.31. The van der Waals surface area contributed by atoms with Crippen molar-refractivity contribution < 1.29 is 0 Å². The van der Waals surface area contributed by atoms with E-state index in [0.29, 0.717) is 28.6 Å². The van der Waals surface area contributed by atoms with Gasteiger partial charge in [0.25, 0.3) is 5.56 Å². The van der Waals surface area contributed by atoms with Gasteiger partial charge in [0.1, 0.15) is 16.7 Å². The van der Waals surface area contributed by atoms with E-state index < -0.39 is 0 Å². The third-order valence-corrected chi connectivity index (χ3v) is 7.58. The lowest BCUT2D eigenvalue weighted by Crippen LogP contribution is -2.34. The van der Waals surface area contributed by atoms with E-state index in [0.717, 1.165) is 76.3 Å². The number of hydrogen-bond donors (Lipinski definition) is 3. The maximum atomic E-state index is 12.7. The first-order valence-corrected chi connectivity index (χ1v) is 13.5. The molecule has 0 unspecified atom stereocenters. The fourth-order valence-electron chi connectivity index (χ4n) is 5.46. The largest absolute Gasteiger partial charge is 0.341 e. The van der Waals surface area contributed by atoms with Crippen LogP contribution in [0.4, 0.5) is 17.5 Å². The van der Waals surface area contributed by atoms with Crippen LogP contribution in [0.3, 0.4) is 0 Å². The Balaban J connectivity index is 1.13. The molecule has 0 aliphatic carbocycles. The van der Waals surface area contributed by atoms with Gasteiger partial charge < -0.3 is 10.2 Å². The molecule has 0 saturated carbocycles. The SMILES string of the molecule is O=c1[nH]ncc2nc(N3CCCCCC3)nc(Nc3ccc(CN4CCC(Cc5nn[nH]n5)CC4)cc3)c12. The van der Waals surface area contributed by atoms with E-state index in [9.17, 15) is 4.79 Å². The van der Waals surface area contributed by atoms with E-state index in [2.05, 4.69) is 63.1 Å². The molecule has 0 radical (unpaired) electrons. The van der Waals surface area contributed by atoms with E-state index in [1.54, 1.807) is 6.20 Å². The van der Waals surface area contributed by atoms with Gasteiger partial charge in [-0.3, -0.25) is 9.69 Å². The molecule has 0 atom stereocenters. The van der Waals surface area contributed by atoms with Crippen molar-refractivity contribution in [2.24, 2.45) is 5.92 Å². The van der Waals surface area contributed by atoms with Crippen LogP contribution in [-0.4, -0.2) is 71.9 Å². The van der Waals surface area contributed by atoms with Crippen LogP contribution in [0.1, 0.15) is 49.9 Å². The summed E-state index contributed by atoms with van der Waals surface area (Å²) >= 11 is 0. The minimum Gasteiger partial charge on any atom is -0.341 e. The van der Waals surface area contributed by atoms with E-state index >= 15 is 0 Å². The van der Waals surface area contributed by atoms with Crippen LogP contribution in [-0.2, 0) is 13.0 Å². The number of nitrogens with one attached hydrogen (secondary N) is 3. The smallest absolute Gasteiger partial charge is 0.277 e. The number of H-pyrrole nitrogens is 2. The Morgan fingerprint density at radius 2 is 1.76 bits per heavy atom. The van der Waals surface area contributed by atoms with Crippen molar-refractivity contribution in [2.75, 3.05) is 36.4 Å². The number of anilines is 3. The fourth-order valence-corrected chi connectivity index (χ4v) is 5.46. The molecular formula is C26H33N11O. The molecule has 6 rings (SSSR count). The Hall–Kier alpha value is -3.93. The van der Waals surface area contributed by atoms with E-state index in [1.807, 2.05) is 12.1 Å². The van der Waals surface area contributed by atoms with Crippen molar-refractivity contribution in [3.63, 3.8) is 0 Å². The summed E-state index contributed by atoms with van der Waals surface area (Å²) in [6.45, 7) is 4.88. The quantitative estimate of drug-likeness (QED) is 0.336. The Morgan fingerprint density at radius 1 is 0.974 bits per heavy atom. The predicted molar refractivity (Wildman–Crippen MR) is 144 cm³/mol. The van der Waals surface area contributed by atoms with Crippen molar-refractivity contribution in [3.05, 3.63) is 52.2 Å². The number of fused-ring (bicyclic) bond motifs is 1. The summed E-state index contributed by atoms with van der Waals surface area (Å²) < 4.78 is 0. The summed E-state index contributed by atoms with van der Waals surface area (Å²) in [4.78, 5) is 26.8. The van der Waals surface area contributed by atoms with Gasteiger partial charge in [-0.15, -0.1) is 10.2 Å². The standard InChI is InChI=1S/C26H33N11O/c38-25-23-21(16-27-33-25)29-26(37-11-3-1-2-4-12-37)30-24(23)28-20-7-5-19(6-8-20)17-36-13-9-18(10-14-36)15-22-31-34-35-32-22/h5-8,16,18H,1-4,9-15,17H2,(H,33,38)(H,28,29,30)(H,31,32,34,35). The van der Waals surface area contributed by atoms with Gasteiger partial charge in [0.2, 0.25) is 5.95 Å². The monoisotopic (exact) mass is 515 g/mol. The molecule has 3 aromatic heterocycles. The third kappa shape index (κ3) is 5.64. The van der Waals surface area contributed by atoms with Crippen molar-refractivity contribution >= 4 is 28.4 Å². The first-order valence-electron chi connectivity index (χ1n) is 13.5. The van der Waals surface area contributed by atoms with Crippen LogP contribution in [0, 0.1) is 5.92 Å². The molecule has 4 aromatic rings. The highest BCUT2D eigenvalue weighted by molar-refractivity contribution is 5.90. The molecular weight excluding hydrogens is 482 g/mol. The van der Waals surface area contributed by atoms with E-state index in [1.165, 1.54) is 18.4 Å². The van der Waals surface area contributed by atoms with Gasteiger partial charge >= 0.3 is 0 Å². The molecule has 0 amide bonds. The summed E-state index contributed by atoms with van der Waals surface area (Å²) in [5, 5.41) is 24.7. The third-order valence-electron chi connectivity index (χ3n) is 7.58. The highest BCUT2D eigenvalue weighted by Gasteiger charge is 2.21. The van der Waals surface area contributed by atoms with Gasteiger partial charge in [0.05, 0.1) is 6.20 Å². The second-order valence-corrected chi connectivity index (χ2v) is 10.3. The zero-order valence-electron chi connectivity index (χ0n) is 21.4. The highest BCUT2D eigenvalue weighted by atomic mass is 16.1. The van der Waals surface area contributed by atoms with Crippen LogP contribution in [0.15, 0.2) is 35.3 Å². The Kier molecular flexibility index (Phi) is 7.20. The van der Waals surface area contributed by atoms with Gasteiger partial charge in [-0.25, -0.2) is 10.1 Å². The highest BCUT2D eigenvalue weighted by Crippen LogP contribution is 2.26. The summed E-state index contributed by atoms with van der Waals surface area (Å²) in [5.41, 5.74) is 2.38. The van der Waals surface area contributed by atoms with Gasteiger partial charge in [0.15, 0.2) is 5.82 Å². The van der Waals surface area contributed by atoms with Crippen LogP contribution in [0.25, 0.3) is 10.9 Å². The number of aromatic nitrogens is 8. The van der Waals surface area contributed by atoms with Gasteiger partial charge in [-0.05, 0) is 62.4 Å². The van der Waals surface area contributed by atoms with Crippen LogP contribution >= 0.6 is 0 Å². The molecule has 38 heavy (non-hydrogen) atoms. The molecule has 2 aliphatic rings. The molecule has 2 fully saturated rings. The number of hydrogen-bond acceptors (Lipinski definition) is 10. The molecule has 3 N–H and O–H groups in total. The van der Waals surface area contributed by atoms with Crippen LogP contribution in [0.5, 0.6) is 0 Å². The van der Waals surface area contributed by atoms with Gasteiger partial charge in [-0.2, -0.15) is 15.3 Å². The van der Waals surface area contributed by atoms with Crippen molar-refractivity contribution in [1.82, 2.24) is 45.7 Å². The molecule has 1 aromatic carbocycles. The van der Waals surface area contributed by atoms with Crippen molar-refractivity contribution in [2.45, 2.75) is 51.5 Å². The summed E-state index contributed by atoms with van der Waals surface area (Å²) in [5.74, 6) is 2.57. The number of likely N-dealkylation sites (tertiary alicyclic amines) is 1. The number of aromatic amines is 2. The van der Waals surface area contributed by atoms with Crippen LogP contribution < -0.4 is 15.8 Å². The summed E-state index contributed by atoms with van der Waals surface area (Å²) in [6, 6.07) is 8.37. The van der Waals surface area contributed by atoms with E-state index in [4.69, 9.17) is 4.98 Å². The Labute approximate surface area is 220 Å². The number of rotatable bonds is 7. The second-order valence-electron chi connectivity index (χ2n) is 10.3. The van der Waals surface area contributed by atoms with Gasteiger partial charge in [-0.1, -0.05) is 30.2 Å². The zero-order chi connectivity index (χ0) is 25.7. The lowest BCUT2D eigenvalue weighted by atomic mass is 9.93. The molecule has 0 spiro atoms. The van der Waals surface area contributed by atoms with Crippen molar-refractivity contribution in [3.8, 4) is 0 Å². The Morgan fingerprint density at radius 3 is 2.50 bits per heavy atom. The van der Waals surface area contributed by atoms with Crippen molar-refractivity contribution in [1.29, 1.82) is 0 Å². The summed E-state index contributed by atoms with van der Waals surface area (Å²) in [6.07, 6.45) is 9.45.